The minimum atomic E-state index is -0.847. The number of hydrogen-bond acceptors (Lipinski definition) is 2. The highest BCUT2D eigenvalue weighted by Gasteiger charge is 1.92. The van der Waals surface area contributed by atoms with Crippen LogP contribution in [0.4, 0.5) is 0 Å². The van der Waals surface area contributed by atoms with E-state index in [4.69, 9.17) is 10.8 Å². The molecule has 0 spiro atoms. The van der Waals surface area contributed by atoms with Gasteiger partial charge in [0.15, 0.2) is 0 Å². The molecule has 0 amide bonds. The molecule has 3 N–H and O–H groups in total. The maximum atomic E-state index is 9.87. The predicted molar refractivity (Wildman–Crippen MR) is 34.4 cm³/mol. The van der Waals surface area contributed by atoms with E-state index in [1.807, 2.05) is 0 Å². The Balaban J connectivity index is 3.31. The van der Waals surface area contributed by atoms with Gasteiger partial charge in [0, 0.05) is 0 Å². The molecular weight excluding hydrogens is 120 g/mol. The fourth-order valence-corrected chi connectivity index (χ4v) is 0.328. The molecule has 0 saturated heterocycles. The maximum absolute atomic E-state index is 9.87. The Morgan fingerprint density at radius 3 is 2.67 bits per heavy atom. The van der Waals surface area contributed by atoms with E-state index in [0.29, 0.717) is 5.84 Å². The summed E-state index contributed by atoms with van der Waals surface area (Å²) in [7, 11) is 0. The van der Waals surface area contributed by atoms with Gasteiger partial charge in [0.05, 0.1) is 18.8 Å². The van der Waals surface area contributed by atoms with Gasteiger partial charge in [0.25, 0.3) is 0 Å². The fraction of sp³-hybridized carbons (Fsp3) is 0.600. The van der Waals surface area contributed by atoms with Crippen LogP contribution in [0.1, 0.15) is 13.3 Å². The highest BCUT2D eigenvalue weighted by Crippen LogP contribution is 1.79. The number of aliphatic imine (C=N–C) groups is 1. The topological polar surface area (TPSA) is 75.7 Å². The molecule has 0 aliphatic heterocycles. The number of aliphatic carboxylic acids is 1. The summed E-state index contributed by atoms with van der Waals surface area (Å²) >= 11 is 0. The molecule has 52 valence electrons. The van der Waals surface area contributed by atoms with E-state index in [-0.39, 0.29) is 13.0 Å². The Labute approximate surface area is 53.4 Å². The van der Waals surface area contributed by atoms with Crippen molar-refractivity contribution in [1.82, 2.24) is 0 Å². The van der Waals surface area contributed by atoms with Crippen LogP contribution >= 0.6 is 0 Å². The van der Waals surface area contributed by atoms with Crippen LogP contribution in [-0.2, 0) is 4.79 Å². The molecule has 4 nitrogen and oxygen atoms in total. The van der Waals surface area contributed by atoms with E-state index in [1.165, 1.54) is 0 Å². The number of carboxylic acid groups (broad SMARTS) is 1. The first-order valence-corrected chi connectivity index (χ1v) is 2.61. The van der Waals surface area contributed by atoms with Crippen molar-refractivity contribution in [2.75, 3.05) is 6.54 Å². The largest absolute Gasteiger partial charge is 0.481 e. The first-order valence-electron chi connectivity index (χ1n) is 2.61. The van der Waals surface area contributed by atoms with E-state index in [2.05, 4.69) is 4.99 Å². The summed E-state index contributed by atoms with van der Waals surface area (Å²) in [6, 6.07) is 0. The zero-order valence-corrected chi connectivity index (χ0v) is 5.29. The third kappa shape index (κ3) is 6.94. The molecule has 0 radical (unpaired) electrons. The molecule has 0 aliphatic carbocycles. The number of nitrogens with two attached hydrogens (primary N) is 1. The van der Waals surface area contributed by atoms with Crippen LogP contribution in [0.25, 0.3) is 0 Å². The minimum Gasteiger partial charge on any atom is -0.481 e. The highest BCUT2D eigenvalue weighted by atomic mass is 16.4. The zero-order valence-electron chi connectivity index (χ0n) is 5.29. The second-order valence-electron chi connectivity index (χ2n) is 1.67. The van der Waals surface area contributed by atoms with Gasteiger partial charge in [0.1, 0.15) is 0 Å². The van der Waals surface area contributed by atoms with Gasteiger partial charge in [0.2, 0.25) is 0 Å². The van der Waals surface area contributed by atoms with E-state index >= 15 is 0 Å². The second-order valence-corrected chi connectivity index (χ2v) is 1.67. The van der Waals surface area contributed by atoms with Crippen LogP contribution < -0.4 is 5.73 Å². The number of hydrogen-bond donors (Lipinski definition) is 2. The zero-order chi connectivity index (χ0) is 7.28. The molecule has 0 aromatic carbocycles. The van der Waals surface area contributed by atoms with E-state index in [0.717, 1.165) is 0 Å². The summed E-state index contributed by atoms with van der Waals surface area (Å²) in [5.41, 5.74) is 5.14. The van der Waals surface area contributed by atoms with Gasteiger partial charge in [-0.2, -0.15) is 0 Å². The van der Waals surface area contributed by atoms with E-state index in [1.54, 1.807) is 6.92 Å². The van der Waals surface area contributed by atoms with Crippen molar-refractivity contribution < 1.29 is 9.90 Å². The number of amidine groups is 1. The van der Waals surface area contributed by atoms with E-state index < -0.39 is 5.97 Å². The summed E-state index contributed by atoms with van der Waals surface area (Å²) in [4.78, 5) is 13.5. The average Bonchev–Trinajstić information content (AvgIpc) is 1.63. The molecule has 0 aromatic heterocycles. The molecule has 0 rings (SSSR count). The molecule has 0 fully saturated rings. The molecule has 0 heterocycles. The molecule has 0 aliphatic rings. The van der Waals surface area contributed by atoms with Gasteiger partial charge in [-0.25, -0.2) is 0 Å². The maximum Gasteiger partial charge on any atom is 0.305 e. The predicted octanol–water partition coefficient (Wildman–Crippen LogP) is -0.162. The van der Waals surface area contributed by atoms with Crippen LogP contribution in [0.5, 0.6) is 0 Å². The lowest BCUT2D eigenvalue weighted by Gasteiger charge is -1.89. The van der Waals surface area contributed by atoms with Crippen LogP contribution in [0.15, 0.2) is 4.99 Å². The number of rotatable bonds is 3. The van der Waals surface area contributed by atoms with Crippen LogP contribution in [0.3, 0.4) is 0 Å². The van der Waals surface area contributed by atoms with Crippen LogP contribution in [0.2, 0.25) is 0 Å². The van der Waals surface area contributed by atoms with Crippen molar-refractivity contribution in [1.29, 1.82) is 0 Å². The monoisotopic (exact) mass is 130 g/mol. The van der Waals surface area contributed by atoms with Gasteiger partial charge >= 0.3 is 5.97 Å². The summed E-state index contributed by atoms with van der Waals surface area (Å²) in [6.07, 6.45) is 0.0501. The Kier molecular flexibility index (Phi) is 3.43. The van der Waals surface area contributed by atoms with Crippen molar-refractivity contribution in [2.24, 2.45) is 10.7 Å². The van der Waals surface area contributed by atoms with Crippen molar-refractivity contribution in [3.63, 3.8) is 0 Å². The molecule has 0 unspecified atom stereocenters. The van der Waals surface area contributed by atoms with Gasteiger partial charge < -0.3 is 10.8 Å². The number of nitrogens with zero attached hydrogens (tertiary/aromatic N) is 1. The van der Waals surface area contributed by atoms with Crippen molar-refractivity contribution in [3.05, 3.63) is 0 Å². The third-order valence-electron chi connectivity index (χ3n) is 0.687. The molecule has 0 saturated carbocycles. The van der Waals surface area contributed by atoms with Crippen LogP contribution in [0, 0.1) is 0 Å². The number of carboxylic acids is 1. The average molecular weight is 130 g/mol. The van der Waals surface area contributed by atoms with Gasteiger partial charge in [-0.3, -0.25) is 9.79 Å². The summed E-state index contributed by atoms with van der Waals surface area (Å²) < 4.78 is 0. The summed E-state index contributed by atoms with van der Waals surface area (Å²) in [5, 5.41) is 8.12. The first-order chi connectivity index (χ1) is 4.13. The standard InChI is InChI=1S/C5H10N2O2/c1-4(6)7-3-2-5(8)9/h2-3H2,1H3,(H2,6,7)(H,8,9). The van der Waals surface area contributed by atoms with E-state index in [9.17, 15) is 4.79 Å². The van der Waals surface area contributed by atoms with Gasteiger partial charge in [-0.15, -0.1) is 0 Å². The minimum absolute atomic E-state index is 0.0501. The Hall–Kier alpha value is -1.06. The quantitative estimate of drug-likeness (QED) is 0.411. The SMILES string of the molecule is CC(N)=NCCC(=O)O. The lowest BCUT2D eigenvalue weighted by Crippen LogP contribution is -2.07. The smallest absolute Gasteiger partial charge is 0.305 e. The van der Waals surface area contributed by atoms with Crippen molar-refractivity contribution in [3.8, 4) is 0 Å². The molecule has 0 aromatic rings. The molecule has 4 heteroatoms. The summed E-state index contributed by atoms with van der Waals surface area (Å²) in [6.45, 7) is 1.90. The lowest BCUT2D eigenvalue weighted by atomic mass is 10.4. The normalized spacial score (nSPS) is 11.4. The molecule has 9 heavy (non-hydrogen) atoms. The summed E-state index contributed by atoms with van der Waals surface area (Å²) in [5.74, 6) is -0.420. The van der Waals surface area contributed by atoms with Crippen molar-refractivity contribution >= 4 is 11.8 Å². The van der Waals surface area contributed by atoms with Crippen molar-refractivity contribution in [2.45, 2.75) is 13.3 Å². The highest BCUT2D eigenvalue weighted by molar-refractivity contribution is 5.77. The number of carbonyl (C=O) groups is 1. The Bertz CT molecular complexity index is 127. The van der Waals surface area contributed by atoms with Gasteiger partial charge in [-0.05, 0) is 6.92 Å². The first kappa shape index (κ1) is 7.94. The van der Waals surface area contributed by atoms with Gasteiger partial charge in [-0.1, -0.05) is 0 Å². The lowest BCUT2D eigenvalue weighted by molar-refractivity contribution is -0.136. The molecular formula is C5H10N2O2. The Morgan fingerprint density at radius 1 is 1.78 bits per heavy atom. The molecule has 0 bridgehead atoms. The second kappa shape index (κ2) is 3.88. The fourth-order valence-electron chi connectivity index (χ4n) is 0.328. The van der Waals surface area contributed by atoms with Crippen LogP contribution in [-0.4, -0.2) is 23.5 Å². The molecule has 0 atom stereocenters. The third-order valence-corrected chi connectivity index (χ3v) is 0.687. The Morgan fingerprint density at radius 2 is 2.33 bits per heavy atom.